The second-order valence-corrected chi connectivity index (χ2v) is 3.70. The zero-order chi connectivity index (χ0) is 11.1. The van der Waals surface area contributed by atoms with Crippen molar-refractivity contribution in [2.45, 2.75) is 0 Å². The summed E-state index contributed by atoms with van der Waals surface area (Å²) in [7, 11) is 0. The maximum absolute atomic E-state index is 11.1. The molecule has 2 N–H and O–H groups in total. The second-order valence-electron chi connectivity index (χ2n) is 3.70. The van der Waals surface area contributed by atoms with Crippen LogP contribution in [0.3, 0.4) is 0 Å². The van der Waals surface area contributed by atoms with Gasteiger partial charge in [-0.2, -0.15) is 0 Å². The van der Waals surface area contributed by atoms with E-state index in [1.165, 1.54) is 0 Å². The minimum absolute atomic E-state index is 0.325. The number of carbonyl (C=O) groups is 1. The molecule has 2 heterocycles. The number of dihydropyridines is 1. The van der Waals surface area contributed by atoms with Gasteiger partial charge in [-0.1, -0.05) is 18.2 Å². The van der Waals surface area contributed by atoms with Crippen LogP contribution in [-0.4, -0.2) is 23.9 Å². The van der Waals surface area contributed by atoms with E-state index in [1.54, 1.807) is 6.08 Å². The average Bonchev–Trinajstić information content (AvgIpc) is 2.66. The van der Waals surface area contributed by atoms with Crippen LogP contribution in [0.15, 0.2) is 40.3 Å². The van der Waals surface area contributed by atoms with Crippen LogP contribution in [0.25, 0.3) is 5.57 Å². The van der Waals surface area contributed by atoms with Crippen LogP contribution in [0.5, 0.6) is 0 Å². The first-order valence-corrected chi connectivity index (χ1v) is 4.99. The maximum atomic E-state index is 11.1. The molecule has 0 saturated carbocycles. The highest BCUT2D eigenvalue weighted by molar-refractivity contribution is 6.49. The average molecular weight is 211 g/mol. The van der Waals surface area contributed by atoms with Gasteiger partial charge in [0, 0.05) is 11.1 Å². The predicted molar refractivity (Wildman–Crippen MR) is 63.0 cm³/mol. The molecule has 2 aliphatic heterocycles. The molecule has 1 aromatic rings. The number of nitrogens with zero attached hydrogens (tertiary/aromatic N) is 2. The van der Waals surface area contributed by atoms with E-state index in [0.717, 1.165) is 22.5 Å². The lowest BCUT2D eigenvalue weighted by atomic mass is 9.99. The van der Waals surface area contributed by atoms with E-state index in [9.17, 15) is 4.79 Å². The molecule has 0 unspecified atom stereocenters. The molecule has 0 saturated heterocycles. The molecule has 0 fully saturated rings. The van der Waals surface area contributed by atoms with E-state index in [1.807, 2.05) is 24.3 Å². The molecule has 3 rings (SSSR count). The van der Waals surface area contributed by atoms with Gasteiger partial charge in [-0.25, -0.2) is 0 Å². The summed E-state index contributed by atoms with van der Waals surface area (Å²) >= 11 is 0. The first kappa shape index (κ1) is 9.03. The van der Waals surface area contributed by atoms with Gasteiger partial charge in [0.15, 0.2) is 0 Å². The number of hydrogen-bond donors (Lipinski definition) is 1. The quantitative estimate of drug-likeness (QED) is 0.742. The van der Waals surface area contributed by atoms with Gasteiger partial charge in [0.05, 0.1) is 17.9 Å². The number of aliphatic imine (C=N–C) groups is 2. The second kappa shape index (κ2) is 3.13. The number of hydrogen-bond acceptors (Lipinski definition) is 3. The zero-order valence-electron chi connectivity index (χ0n) is 8.47. The number of nitrogens with two attached hydrogens (primary N) is 1. The third-order valence-corrected chi connectivity index (χ3v) is 2.69. The van der Waals surface area contributed by atoms with Crippen LogP contribution in [0, 0.1) is 0 Å². The monoisotopic (exact) mass is 211 g/mol. The Morgan fingerprint density at radius 1 is 1.31 bits per heavy atom. The fourth-order valence-corrected chi connectivity index (χ4v) is 1.93. The highest BCUT2D eigenvalue weighted by Crippen LogP contribution is 2.35. The van der Waals surface area contributed by atoms with Crippen LogP contribution >= 0.6 is 0 Å². The van der Waals surface area contributed by atoms with Crippen molar-refractivity contribution in [3.05, 3.63) is 35.9 Å². The Labute approximate surface area is 92.2 Å². The summed E-state index contributed by atoms with van der Waals surface area (Å²) in [5.74, 6) is -0.490. The maximum Gasteiger partial charge on any atom is 0.266 e. The number of benzene rings is 1. The fourth-order valence-electron chi connectivity index (χ4n) is 1.93. The van der Waals surface area contributed by atoms with E-state index < -0.39 is 5.91 Å². The number of para-hydroxylation sites is 1. The third kappa shape index (κ3) is 1.20. The lowest BCUT2D eigenvalue weighted by molar-refractivity contribution is -0.111. The van der Waals surface area contributed by atoms with Crippen molar-refractivity contribution >= 4 is 28.6 Å². The van der Waals surface area contributed by atoms with Crippen molar-refractivity contribution < 1.29 is 4.79 Å². The summed E-state index contributed by atoms with van der Waals surface area (Å²) in [4.78, 5) is 19.6. The number of fused-ring (bicyclic) bond motifs is 3. The Kier molecular flexibility index (Phi) is 1.77. The highest BCUT2D eigenvalue weighted by Gasteiger charge is 2.24. The number of amides is 1. The zero-order valence-corrected chi connectivity index (χ0v) is 8.47. The van der Waals surface area contributed by atoms with Gasteiger partial charge < -0.3 is 5.73 Å². The molecule has 16 heavy (non-hydrogen) atoms. The molecule has 4 nitrogen and oxygen atoms in total. The molecule has 2 aliphatic rings. The third-order valence-electron chi connectivity index (χ3n) is 2.69. The summed E-state index contributed by atoms with van der Waals surface area (Å²) < 4.78 is 0. The van der Waals surface area contributed by atoms with Gasteiger partial charge in [-0.3, -0.25) is 14.8 Å². The smallest absolute Gasteiger partial charge is 0.266 e. The number of rotatable bonds is 1. The molecule has 0 atom stereocenters. The van der Waals surface area contributed by atoms with Crippen molar-refractivity contribution in [1.29, 1.82) is 0 Å². The van der Waals surface area contributed by atoms with Gasteiger partial charge >= 0.3 is 0 Å². The first-order valence-electron chi connectivity index (χ1n) is 4.99. The van der Waals surface area contributed by atoms with E-state index in [2.05, 4.69) is 9.98 Å². The van der Waals surface area contributed by atoms with E-state index >= 15 is 0 Å². The molecule has 0 bridgehead atoms. The minimum atomic E-state index is -0.490. The van der Waals surface area contributed by atoms with Gasteiger partial charge in [0.2, 0.25) is 0 Å². The number of carbonyl (C=O) groups excluding carboxylic acids is 1. The summed E-state index contributed by atoms with van der Waals surface area (Å²) in [6.07, 6.45) is 1.72. The van der Waals surface area contributed by atoms with Crippen molar-refractivity contribution in [3.8, 4) is 0 Å². The summed E-state index contributed by atoms with van der Waals surface area (Å²) in [6, 6.07) is 7.83. The van der Waals surface area contributed by atoms with E-state index in [0.29, 0.717) is 12.3 Å². The SMILES string of the molecule is NC(=O)C1=NCC2=Nc3ccccc3C2=C1. The standard InChI is InChI=1S/C12H9N3O/c13-12(16)10-5-8-7-3-1-2-4-9(7)15-11(8)6-14-10/h1-5H,6H2,(H2,13,16). The van der Waals surface area contributed by atoms with Crippen molar-refractivity contribution in [1.82, 2.24) is 0 Å². The topological polar surface area (TPSA) is 67.8 Å². The summed E-state index contributed by atoms with van der Waals surface area (Å²) in [5, 5.41) is 0. The van der Waals surface area contributed by atoms with Gasteiger partial charge in [-0.05, 0) is 12.1 Å². The molecule has 1 aromatic carbocycles. The Bertz CT molecular complexity index is 582. The van der Waals surface area contributed by atoms with E-state index in [4.69, 9.17) is 5.73 Å². The fraction of sp³-hybridized carbons (Fsp3) is 0.0833. The Morgan fingerprint density at radius 2 is 2.12 bits per heavy atom. The van der Waals surface area contributed by atoms with Crippen LogP contribution in [0.1, 0.15) is 5.56 Å². The van der Waals surface area contributed by atoms with Crippen LogP contribution < -0.4 is 5.73 Å². The molecule has 4 heteroatoms. The Hall–Kier alpha value is -2.23. The van der Waals surface area contributed by atoms with Crippen molar-refractivity contribution in [2.75, 3.05) is 6.54 Å². The van der Waals surface area contributed by atoms with Crippen molar-refractivity contribution in [2.24, 2.45) is 15.7 Å². The summed E-state index contributed by atoms with van der Waals surface area (Å²) in [5.41, 5.74) is 9.40. The van der Waals surface area contributed by atoms with Crippen LogP contribution in [0.2, 0.25) is 0 Å². The minimum Gasteiger partial charge on any atom is -0.364 e. The Morgan fingerprint density at radius 3 is 2.94 bits per heavy atom. The molecular weight excluding hydrogens is 202 g/mol. The first-order chi connectivity index (χ1) is 7.75. The lowest BCUT2D eigenvalue weighted by Crippen LogP contribution is -2.25. The molecule has 0 aliphatic carbocycles. The molecule has 78 valence electrons. The van der Waals surface area contributed by atoms with Gasteiger partial charge in [0.25, 0.3) is 5.91 Å². The molecule has 0 aromatic heterocycles. The molecule has 0 radical (unpaired) electrons. The van der Waals surface area contributed by atoms with Crippen LogP contribution in [0.4, 0.5) is 5.69 Å². The van der Waals surface area contributed by atoms with Gasteiger partial charge in [0.1, 0.15) is 5.71 Å². The summed E-state index contributed by atoms with van der Waals surface area (Å²) in [6.45, 7) is 0.429. The largest absolute Gasteiger partial charge is 0.364 e. The molecular formula is C12H9N3O. The van der Waals surface area contributed by atoms with E-state index in [-0.39, 0.29) is 0 Å². The Balaban J connectivity index is 2.14. The number of primary amides is 1. The lowest BCUT2D eigenvalue weighted by Gasteiger charge is -2.09. The normalized spacial score (nSPS) is 16.9. The molecule has 0 spiro atoms. The van der Waals surface area contributed by atoms with Gasteiger partial charge in [-0.15, -0.1) is 0 Å². The van der Waals surface area contributed by atoms with Crippen LogP contribution in [-0.2, 0) is 4.79 Å². The highest BCUT2D eigenvalue weighted by atomic mass is 16.1. The predicted octanol–water partition coefficient (Wildman–Crippen LogP) is 1.10. The molecule has 1 amide bonds. The van der Waals surface area contributed by atoms with Crippen molar-refractivity contribution in [3.63, 3.8) is 0 Å².